The number of unbranched alkanes of at least 4 members (excludes halogenated alkanes) is 1. The lowest BCUT2D eigenvalue weighted by Gasteiger charge is -2.11. The molecule has 0 atom stereocenters. The zero-order valence-corrected chi connectivity index (χ0v) is 11.1. The van der Waals surface area contributed by atoms with Crippen molar-refractivity contribution in [3.05, 3.63) is 34.9 Å². The van der Waals surface area contributed by atoms with Crippen LogP contribution in [0.5, 0.6) is 0 Å². The normalized spacial score (nSPS) is 14.5. The molecule has 0 heteroatoms. The summed E-state index contributed by atoms with van der Waals surface area (Å²) in [7, 11) is 0. The summed E-state index contributed by atoms with van der Waals surface area (Å²) >= 11 is 0. The summed E-state index contributed by atoms with van der Waals surface area (Å²) in [4.78, 5) is 0. The summed E-state index contributed by atoms with van der Waals surface area (Å²) in [6, 6.07) is 0. The standard InChI is InChI=1S/C15H26/c1-7-9-10-11-13(4)15(6)14(5)12(3)8-2/h7H,1,8-11H2,2-6H3. The molecule has 0 unspecified atom stereocenters. The quantitative estimate of drug-likeness (QED) is 0.309. The largest absolute Gasteiger partial charge is 0.103 e. The molecule has 0 nitrogen and oxygen atoms in total. The Labute approximate surface area is 95.8 Å². The fourth-order valence-electron chi connectivity index (χ4n) is 1.60. The first-order valence-corrected chi connectivity index (χ1v) is 5.98. The number of allylic oxidation sites excluding steroid dienone is 5. The van der Waals surface area contributed by atoms with Crippen molar-refractivity contribution in [1.82, 2.24) is 0 Å². The molecule has 0 saturated heterocycles. The fourth-order valence-corrected chi connectivity index (χ4v) is 1.60. The lowest BCUT2D eigenvalue weighted by atomic mass is 9.95. The van der Waals surface area contributed by atoms with Gasteiger partial charge in [-0.05, 0) is 64.5 Å². The minimum atomic E-state index is 1.13. The average Bonchev–Trinajstić information content (AvgIpc) is 2.26. The highest BCUT2D eigenvalue weighted by Crippen LogP contribution is 2.22. The maximum Gasteiger partial charge on any atom is -0.0314 e. The van der Waals surface area contributed by atoms with Gasteiger partial charge in [-0.3, -0.25) is 0 Å². The highest BCUT2D eigenvalue weighted by atomic mass is 14.1. The van der Waals surface area contributed by atoms with E-state index in [0.29, 0.717) is 0 Å². The Morgan fingerprint density at radius 3 is 2.00 bits per heavy atom. The highest BCUT2D eigenvalue weighted by Gasteiger charge is 2.01. The molecule has 0 saturated carbocycles. The van der Waals surface area contributed by atoms with Gasteiger partial charge in [0.15, 0.2) is 0 Å². The number of rotatable bonds is 6. The summed E-state index contributed by atoms with van der Waals surface area (Å²) in [6.45, 7) is 15.0. The molecule has 0 radical (unpaired) electrons. The summed E-state index contributed by atoms with van der Waals surface area (Å²) in [5.74, 6) is 0. The van der Waals surface area contributed by atoms with Crippen LogP contribution in [0.2, 0.25) is 0 Å². The van der Waals surface area contributed by atoms with E-state index in [9.17, 15) is 0 Å². The van der Waals surface area contributed by atoms with Gasteiger partial charge in [0.05, 0.1) is 0 Å². The molecule has 0 aromatic rings. The third-order valence-electron chi connectivity index (χ3n) is 3.33. The van der Waals surface area contributed by atoms with Crippen molar-refractivity contribution in [2.24, 2.45) is 0 Å². The molecule has 0 bridgehead atoms. The second kappa shape index (κ2) is 7.50. The van der Waals surface area contributed by atoms with Crippen LogP contribution in [0.15, 0.2) is 34.9 Å². The van der Waals surface area contributed by atoms with Crippen LogP contribution >= 0.6 is 0 Å². The Morgan fingerprint density at radius 1 is 1.00 bits per heavy atom. The SMILES string of the molecule is C=CCCCC(C)=C(C)C(C)=C(C)CC. The lowest BCUT2D eigenvalue weighted by Crippen LogP contribution is -1.90. The van der Waals surface area contributed by atoms with Gasteiger partial charge in [-0.1, -0.05) is 24.1 Å². The molecule has 0 aliphatic carbocycles. The van der Waals surface area contributed by atoms with E-state index in [1.165, 1.54) is 35.1 Å². The fraction of sp³-hybridized carbons (Fsp3) is 0.600. The summed E-state index contributed by atoms with van der Waals surface area (Å²) in [5, 5.41) is 0. The lowest BCUT2D eigenvalue weighted by molar-refractivity contribution is 0.824. The average molecular weight is 206 g/mol. The van der Waals surface area contributed by atoms with Crippen LogP contribution in [0.3, 0.4) is 0 Å². The van der Waals surface area contributed by atoms with Crippen LogP contribution in [-0.2, 0) is 0 Å². The first-order chi connectivity index (χ1) is 7.04. The molecule has 0 fully saturated rings. The number of hydrogen-bond acceptors (Lipinski definition) is 0. The van der Waals surface area contributed by atoms with Crippen molar-refractivity contribution in [1.29, 1.82) is 0 Å². The molecule has 0 aliphatic heterocycles. The van der Waals surface area contributed by atoms with Gasteiger partial charge in [0, 0.05) is 0 Å². The van der Waals surface area contributed by atoms with E-state index < -0.39 is 0 Å². The van der Waals surface area contributed by atoms with Gasteiger partial charge in [0.25, 0.3) is 0 Å². The van der Waals surface area contributed by atoms with Crippen molar-refractivity contribution in [3.8, 4) is 0 Å². The molecule has 0 aromatic heterocycles. The van der Waals surface area contributed by atoms with Gasteiger partial charge in [0.2, 0.25) is 0 Å². The van der Waals surface area contributed by atoms with Gasteiger partial charge in [-0.2, -0.15) is 0 Å². The number of hydrogen-bond donors (Lipinski definition) is 0. The zero-order valence-electron chi connectivity index (χ0n) is 11.1. The molecular weight excluding hydrogens is 180 g/mol. The van der Waals surface area contributed by atoms with Crippen LogP contribution < -0.4 is 0 Å². The molecule has 0 N–H and O–H groups in total. The predicted molar refractivity (Wildman–Crippen MR) is 71.1 cm³/mol. The van der Waals surface area contributed by atoms with Gasteiger partial charge in [-0.25, -0.2) is 0 Å². The predicted octanol–water partition coefficient (Wildman–Crippen LogP) is 5.43. The minimum absolute atomic E-state index is 1.13. The topological polar surface area (TPSA) is 0 Å². The van der Waals surface area contributed by atoms with E-state index in [1.807, 2.05) is 6.08 Å². The molecule has 0 aromatic carbocycles. The van der Waals surface area contributed by atoms with E-state index >= 15 is 0 Å². The Hall–Kier alpha value is -0.780. The Bertz CT molecular complexity index is 264. The van der Waals surface area contributed by atoms with Crippen LogP contribution in [-0.4, -0.2) is 0 Å². The third kappa shape index (κ3) is 5.01. The molecule has 0 aliphatic rings. The molecule has 0 amide bonds. The summed E-state index contributed by atoms with van der Waals surface area (Å²) in [5.41, 5.74) is 6.00. The molecule has 0 heterocycles. The van der Waals surface area contributed by atoms with E-state index in [-0.39, 0.29) is 0 Å². The van der Waals surface area contributed by atoms with Crippen LogP contribution in [0, 0.1) is 0 Å². The third-order valence-corrected chi connectivity index (χ3v) is 3.33. The molecule has 0 spiro atoms. The van der Waals surface area contributed by atoms with E-state index in [1.54, 1.807) is 0 Å². The zero-order chi connectivity index (χ0) is 11.8. The molecule has 15 heavy (non-hydrogen) atoms. The smallest absolute Gasteiger partial charge is 0.0314 e. The van der Waals surface area contributed by atoms with Gasteiger partial charge in [0.1, 0.15) is 0 Å². The first kappa shape index (κ1) is 14.2. The van der Waals surface area contributed by atoms with Crippen LogP contribution in [0.4, 0.5) is 0 Å². The maximum atomic E-state index is 3.75. The highest BCUT2D eigenvalue weighted by molar-refractivity contribution is 5.34. The Morgan fingerprint density at radius 2 is 1.53 bits per heavy atom. The van der Waals surface area contributed by atoms with Crippen molar-refractivity contribution in [3.63, 3.8) is 0 Å². The van der Waals surface area contributed by atoms with E-state index in [4.69, 9.17) is 0 Å². The molecule has 0 rings (SSSR count). The van der Waals surface area contributed by atoms with Crippen molar-refractivity contribution in [2.75, 3.05) is 0 Å². The summed E-state index contributed by atoms with van der Waals surface area (Å²) < 4.78 is 0. The van der Waals surface area contributed by atoms with Crippen LogP contribution in [0.1, 0.15) is 60.3 Å². The van der Waals surface area contributed by atoms with Gasteiger partial charge < -0.3 is 0 Å². The second-order valence-corrected chi connectivity index (χ2v) is 4.35. The molecule has 86 valence electrons. The Kier molecular flexibility index (Phi) is 7.11. The van der Waals surface area contributed by atoms with Crippen LogP contribution in [0.25, 0.3) is 0 Å². The van der Waals surface area contributed by atoms with E-state index in [0.717, 1.165) is 12.8 Å². The minimum Gasteiger partial charge on any atom is -0.103 e. The van der Waals surface area contributed by atoms with Gasteiger partial charge >= 0.3 is 0 Å². The Balaban J connectivity index is 4.56. The summed E-state index contributed by atoms with van der Waals surface area (Å²) in [6.07, 6.45) is 6.71. The van der Waals surface area contributed by atoms with Crippen molar-refractivity contribution >= 4 is 0 Å². The van der Waals surface area contributed by atoms with E-state index in [2.05, 4.69) is 41.2 Å². The second-order valence-electron chi connectivity index (χ2n) is 4.35. The van der Waals surface area contributed by atoms with Crippen molar-refractivity contribution < 1.29 is 0 Å². The van der Waals surface area contributed by atoms with Crippen molar-refractivity contribution in [2.45, 2.75) is 60.3 Å². The molecular formula is C15H26. The first-order valence-electron chi connectivity index (χ1n) is 5.98. The van der Waals surface area contributed by atoms with Gasteiger partial charge in [-0.15, -0.1) is 6.58 Å². The monoisotopic (exact) mass is 206 g/mol. The maximum absolute atomic E-state index is 3.75.